The van der Waals surface area contributed by atoms with Gasteiger partial charge in [-0.25, -0.2) is 0 Å². The fourth-order valence-corrected chi connectivity index (χ4v) is 4.15. The predicted molar refractivity (Wildman–Crippen MR) is 90.9 cm³/mol. The number of aromatic nitrogens is 1. The van der Waals surface area contributed by atoms with E-state index in [4.69, 9.17) is 9.47 Å². The molecule has 1 amide bonds. The lowest BCUT2D eigenvalue weighted by Gasteiger charge is -2.32. The highest BCUT2D eigenvalue weighted by Gasteiger charge is 2.46. The molecule has 0 spiro atoms. The largest absolute Gasteiger partial charge is 0.373 e. The maximum Gasteiger partial charge on any atom is 0.255 e. The Hall–Kier alpha value is -1.76. The fourth-order valence-electron chi connectivity index (χ4n) is 3.52. The van der Waals surface area contributed by atoms with Gasteiger partial charge in [-0.1, -0.05) is 0 Å². The molecular weight excluding hydrogens is 324 g/mol. The molecule has 4 heterocycles. The molecule has 0 radical (unpaired) electrons. The molecule has 0 bridgehead atoms. The van der Waals surface area contributed by atoms with Crippen molar-refractivity contribution in [2.24, 2.45) is 0 Å². The van der Waals surface area contributed by atoms with E-state index in [-0.39, 0.29) is 24.2 Å². The van der Waals surface area contributed by atoms with Gasteiger partial charge in [0.15, 0.2) is 0 Å². The van der Waals surface area contributed by atoms with Crippen LogP contribution >= 0.6 is 11.3 Å². The molecule has 0 unspecified atom stereocenters. The van der Waals surface area contributed by atoms with E-state index in [9.17, 15) is 4.79 Å². The number of rotatable bonds is 4. The summed E-state index contributed by atoms with van der Waals surface area (Å²) < 4.78 is 12.1. The Morgan fingerprint density at radius 2 is 2.25 bits per heavy atom. The topological polar surface area (TPSA) is 51.7 Å². The van der Waals surface area contributed by atoms with Gasteiger partial charge in [0.1, 0.15) is 12.2 Å². The van der Waals surface area contributed by atoms with Crippen LogP contribution in [0.25, 0.3) is 0 Å². The van der Waals surface area contributed by atoms with E-state index in [1.807, 2.05) is 33.9 Å². The third-order valence-corrected chi connectivity index (χ3v) is 5.40. The minimum Gasteiger partial charge on any atom is -0.373 e. The summed E-state index contributed by atoms with van der Waals surface area (Å²) in [7, 11) is 0. The number of likely N-dealkylation sites (tertiary alicyclic amines) is 1. The fraction of sp³-hybridized carbons (Fsp3) is 0.444. The molecule has 24 heavy (non-hydrogen) atoms. The second-order valence-electron chi connectivity index (χ2n) is 6.22. The van der Waals surface area contributed by atoms with E-state index in [0.29, 0.717) is 13.2 Å². The number of amides is 1. The van der Waals surface area contributed by atoms with Crippen LogP contribution in [0, 0.1) is 0 Å². The SMILES string of the molecule is O=C(c1ccsc1)N1C[C@H](OCc2ccncc2)[C@H]2OCCC[C@H]21. The summed E-state index contributed by atoms with van der Waals surface area (Å²) in [6.07, 6.45) is 5.40. The maximum atomic E-state index is 12.8. The minimum absolute atomic E-state index is 0.0248. The lowest BCUT2D eigenvalue weighted by molar-refractivity contribution is -0.0809. The van der Waals surface area contributed by atoms with Crippen LogP contribution in [0.5, 0.6) is 0 Å². The van der Waals surface area contributed by atoms with E-state index in [2.05, 4.69) is 4.98 Å². The molecule has 6 heteroatoms. The molecule has 3 atom stereocenters. The third-order valence-electron chi connectivity index (χ3n) is 4.72. The lowest BCUT2D eigenvalue weighted by Crippen LogP contribution is -2.43. The van der Waals surface area contributed by atoms with Gasteiger partial charge >= 0.3 is 0 Å². The van der Waals surface area contributed by atoms with E-state index in [0.717, 1.165) is 30.6 Å². The van der Waals surface area contributed by atoms with Crippen molar-refractivity contribution in [1.82, 2.24) is 9.88 Å². The van der Waals surface area contributed by atoms with Gasteiger partial charge in [-0.3, -0.25) is 9.78 Å². The molecule has 126 valence electrons. The Balaban J connectivity index is 1.48. The van der Waals surface area contributed by atoms with Crippen molar-refractivity contribution in [1.29, 1.82) is 0 Å². The molecule has 2 aromatic heterocycles. The van der Waals surface area contributed by atoms with Gasteiger partial charge in [-0.15, -0.1) is 0 Å². The molecule has 0 aromatic carbocycles. The van der Waals surface area contributed by atoms with Gasteiger partial charge < -0.3 is 14.4 Å². The Morgan fingerprint density at radius 1 is 1.38 bits per heavy atom. The van der Waals surface area contributed by atoms with E-state index >= 15 is 0 Å². The van der Waals surface area contributed by atoms with Crippen LogP contribution in [0.1, 0.15) is 28.8 Å². The van der Waals surface area contributed by atoms with E-state index < -0.39 is 0 Å². The molecule has 2 aromatic rings. The highest BCUT2D eigenvalue weighted by atomic mass is 32.1. The van der Waals surface area contributed by atoms with Crippen molar-refractivity contribution in [3.05, 3.63) is 52.5 Å². The summed E-state index contributed by atoms with van der Waals surface area (Å²) in [5.74, 6) is 0.0896. The van der Waals surface area contributed by atoms with Gasteiger partial charge in [0, 0.05) is 24.4 Å². The van der Waals surface area contributed by atoms with E-state index in [1.165, 1.54) is 0 Å². The number of pyridine rings is 1. The van der Waals surface area contributed by atoms with Crippen molar-refractivity contribution in [2.75, 3.05) is 13.2 Å². The monoisotopic (exact) mass is 344 g/mol. The standard InChI is InChI=1S/C18H20N2O3S/c21-18(14-5-9-24-12-14)20-10-16(17-15(20)2-1-8-22-17)23-11-13-3-6-19-7-4-13/h3-7,9,12,15-17H,1-2,8,10-11H2/t15-,16+,17+/m1/s1. The van der Waals surface area contributed by atoms with Crippen molar-refractivity contribution < 1.29 is 14.3 Å². The number of fused-ring (bicyclic) bond motifs is 1. The molecule has 2 saturated heterocycles. The Morgan fingerprint density at radius 3 is 3.04 bits per heavy atom. The van der Waals surface area contributed by atoms with Gasteiger partial charge in [0.05, 0.1) is 24.8 Å². The quantitative estimate of drug-likeness (QED) is 0.856. The number of carbonyl (C=O) groups is 1. The van der Waals surface area contributed by atoms with Gasteiger partial charge in [-0.2, -0.15) is 11.3 Å². The van der Waals surface area contributed by atoms with Crippen LogP contribution in [-0.2, 0) is 16.1 Å². The van der Waals surface area contributed by atoms with Crippen LogP contribution in [0.2, 0.25) is 0 Å². The lowest BCUT2D eigenvalue weighted by atomic mass is 10.0. The van der Waals surface area contributed by atoms with Crippen LogP contribution in [0.3, 0.4) is 0 Å². The van der Waals surface area contributed by atoms with Gasteiger partial charge in [0.2, 0.25) is 0 Å². The average molecular weight is 344 g/mol. The second-order valence-corrected chi connectivity index (χ2v) is 7.00. The summed E-state index contributed by atoms with van der Waals surface area (Å²) in [5.41, 5.74) is 1.85. The molecule has 2 fully saturated rings. The Bertz CT molecular complexity index is 677. The summed E-state index contributed by atoms with van der Waals surface area (Å²) in [5, 5.41) is 3.85. The number of hydrogen-bond acceptors (Lipinski definition) is 5. The minimum atomic E-state index is -0.0777. The molecule has 5 nitrogen and oxygen atoms in total. The van der Waals surface area contributed by atoms with E-state index in [1.54, 1.807) is 23.7 Å². The summed E-state index contributed by atoms with van der Waals surface area (Å²) in [6.45, 7) is 1.85. The first-order valence-corrected chi connectivity index (χ1v) is 9.22. The zero-order valence-electron chi connectivity index (χ0n) is 13.3. The molecule has 2 aliphatic rings. The molecule has 0 saturated carbocycles. The summed E-state index contributed by atoms with van der Waals surface area (Å²) in [6, 6.07) is 5.90. The van der Waals surface area contributed by atoms with Crippen molar-refractivity contribution >= 4 is 17.2 Å². The molecule has 4 rings (SSSR count). The maximum absolute atomic E-state index is 12.8. The van der Waals surface area contributed by atoms with Crippen molar-refractivity contribution in [2.45, 2.75) is 37.7 Å². The third kappa shape index (κ3) is 3.09. The van der Waals surface area contributed by atoms with Crippen LogP contribution < -0.4 is 0 Å². The summed E-state index contributed by atoms with van der Waals surface area (Å²) >= 11 is 1.55. The number of nitrogens with zero attached hydrogens (tertiary/aromatic N) is 2. The van der Waals surface area contributed by atoms with Crippen LogP contribution in [-0.4, -0.2) is 47.2 Å². The highest BCUT2D eigenvalue weighted by Crippen LogP contribution is 2.32. The van der Waals surface area contributed by atoms with Gasteiger partial charge in [-0.05, 0) is 42.0 Å². The normalized spacial score (nSPS) is 26.3. The first-order valence-electron chi connectivity index (χ1n) is 8.28. The van der Waals surface area contributed by atoms with Gasteiger partial charge in [0.25, 0.3) is 5.91 Å². The molecule has 2 aliphatic heterocycles. The molecule has 0 aliphatic carbocycles. The highest BCUT2D eigenvalue weighted by molar-refractivity contribution is 7.08. The number of hydrogen-bond donors (Lipinski definition) is 0. The average Bonchev–Trinajstić information content (AvgIpc) is 3.29. The Labute approximate surface area is 145 Å². The zero-order chi connectivity index (χ0) is 16.4. The number of thiophene rings is 1. The van der Waals surface area contributed by atoms with Crippen molar-refractivity contribution in [3.63, 3.8) is 0 Å². The second kappa shape index (κ2) is 7.01. The molecular formula is C18H20N2O3S. The van der Waals surface area contributed by atoms with Crippen LogP contribution in [0.4, 0.5) is 0 Å². The summed E-state index contributed by atoms with van der Waals surface area (Å²) in [4.78, 5) is 18.8. The number of ether oxygens (including phenoxy) is 2. The number of carbonyl (C=O) groups excluding carboxylic acids is 1. The first kappa shape index (κ1) is 15.7. The smallest absolute Gasteiger partial charge is 0.255 e. The van der Waals surface area contributed by atoms with Crippen LogP contribution in [0.15, 0.2) is 41.4 Å². The first-order chi connectivity index (χ1) is 11.8. The predicted octanol–water partition coefficient (Wildman–Crippen LogP) is 2.73. The zero-order valence-corrected chi connectivity index (χ0v) is 14.2. The molecule has 0 N–H and O–H groups in total. The van der Waals surface area contributed by atoms with Crippen molar-refractivity contribution in [3.8, 4) is 0 Å². The Kier molecular flexibility index (Phi) is 4.60.